The predicted octanol–water partition coefficient (Wildman–Crippen LogP) is 1.98. The van der Waals surface area contributed by atoms with Crippen LogP contribution in [0, 0.1) is 25.2 Å². The largest absolute Gasteiger partial charge is 0.447 e. The first kappa shape index (κ1) is 10.3. The Morgan fingerprint density at radius 1 is 1.43 bits per heavy atom. The summed E-state index contributed by atoms with van der Waals surface area (Å²) in [7, 11) is 0. The molecular formula is C11H11NO2. The molecule has 0 heterocycles. The van der Waals surface area contributed by atoms with Gasteiger partial charge in [0.2, 0.25) is 0 Å². The summed E-state index contributed by atoms with van der Waals surface area (Å²) in [6, 6.07) is 7.33. The second kappa shape index (κ2) is 4.43. The van der Waals surface area contributed by atoms with Crippen LogP contribution in [0.1, 0.15) is 21.5 Å². The number of benzene rings is 1. The number of carbonyl (C=O) groups excluding carboxylic acids is 1. The van der Waals surface area contributed by atoms with Crippen molar-refractivity contribution in [1.82, 2.24) is 0 Å². The molecule has 0 amide bonds. The lowest BCUT2D eigenvalue weighted by Gasteiger charge is -2.07. The molecule has 72 valence electrons. The van der Waals surface area contributed by atoms with E-state index in [-0.39, 0.29) is 6.61 Å². The van der Waals surface area contributed by atoms with Crippen LogP contribution in [0.15, 0.2) is 18.2 Å². The standard InChI is InChI=1S/C11H11NO2/c1-8-4-3-5-9(2)10(8)11(13)14-7-6-12/h3-5H,7H2,1-2H3. The molecule has 0 radical (unpaired) electrons. The topological polar surface area (TPSA) is 50.1 Å². The Labute approximate surface area is 82.9 Å². The third kappa shape index (κ3) is 2.11. The van der Waals surface area contributed by atoms with E-state index in [1.807, 2.05) is 32.0 Å². The predicted molar refractivity (Wildman–Crippen MR) is 51.8 cm³/mol. The van der Waals surface area contributed by atoms with Crippen molar-refractivity contribution in [2.45, 2.75) is 13.8 Å². The van der Waals surface area contributed by atoms with Gasteiger partial charge in [-0.15, -0.1) is 0 Å². The molecule has 1 rings (SSSR count). The summed E-state index contributed by atoms with van der Waals surface area (Å²) in [6.07, 6.45) is 0. The van der Waals surface area contributed by atoms with Crippen LogP contribution in [0.4, 0.5) is 0 Å². The smallest absolute Gasteiger partial charge is 0.339 e. The maximum Gasteiger partial charge on any atom is 0.339 e. The lowest BCUT2D eigenvalue weighted by atomic mass is 10.0. The van der Waals surface area contributed by atoms with E-state index in [9.17, 15) is 4.79 Å². The van der Waals surface area contributed by atoms with Crippen LogP contribution in [-0.4, -0.2) is 12.6 Å². The number of rotatable bonds is 2. The van der Waals surface area contributed by atoms with Crippen LogP contribution in [0.2, 0.25) is 0 Å². The minimum absolute atomic E-state index is 0.202. The van der Waals surface area contributed by atoms with Crippen LogP contribution >= 0.6 is 0 Å². The van der Waals surface area contributed by atoms with Crippen molar-refractivity contribution in [3.63, 3.8) is 0 Å². The number of carbonyl (C=O) groups is 1. The number of nitriles is 1. The Morgan fingerprint density at radius 2 is 2.00 bits per heavy atom. The molecule has 0 atom stereocenters. The average molecular weight is 189 g/mol. The van der Waals surface area contributed by atoms with E-state index in [2.05, 4.69) is 0 Å². The van der Waals surface area contributed by atoms with E-state index < -0.39 is 5.97 Å². The van der Waals surface area contributed by atoms with Gasteiger partial charge in [-0.2, -0.15) is 5.26 Å². The fourth-order valence-corrected chi connectivity index (χ4v) is 1.31. The average Bonchev–Trinajstić information content (AvgIpc) is 2.14. The molecule has 0 aliphatic heterocycles. The van der Waals surface area contributed by atoms with E-state index in [0.717, 1.165) is 11.1 Å². The molecule has 0 aliphatic rings. The molecule has 3 nitrogen and oxygen atoms in total. The maximum atomic E-state index is 11.5. The summed E-state index contributed by atoms with van der Waals surface area (Å²) in [5.74, 6) is -0.429. The molecule has 0 saturated heterocycles. The van der Waals surface area contributed by atoms with Crippen molar-refractivity contribution >= 4 is 5.97 Å². The molecule has 0 saturated carbocycles. The van der Waals surface area contributed by atoms with Gasteiger partial charge in [0.1, 0.15) is 6.07 Å². The molecule has 0 aromatic heterocycles. The van der Waals surface area contributed by atoms with Gasteiger partial charge in [-0.1, -0.05) is 18.2 Å². The first-order valence-corrected chi connectivity index (χ1v) is 4.27. The van der Waals surface area contributed by atoms with Gasteiger partial charge < -0.3 is 4.74 Å². The molecular weight excluding hydrogens is 178 g/mol. The zero-order valence-electron chi connectivity index (χ0n) is 8.20. The molecule has 1 aromatic carbocycles. The van der Waals surface area contributed by atoms with Gasteiger partial charge in [0.15, 0.2) is 6.61 Å². The highest BCUT2D eigenvalue weighted by Crippen LogP contribution is 2.14. The summed E-state index contributed by atoms with van der Waals surface area (Å²) in [6.45, 7) is 3.48. The Hall–Kier alpha value is -1.82. The summed E-state index contributed by atoms with van der Waals surface area (Å²) in [5.41, 5.74) is 2.30. The molecule has 3 heteroatoms. The Kier molecular flexibility index (Phi) is 3.24. The highest BCUT2D eigenvalue weighted by atomic mass is 16.5. The summed E-state index contributed by atoms with van der Waals surface area (Å²) >= 11 is 0. The normalized spacial score (nSPS) is 9.21. The zero-order chi connectivity index (χ0) is 10.6. The van der Waals surface area contributed by atoms with Crippen LogP contribution in [-0.2, 0) is 4.74 Å². The molecule has 0 fully saturated rings. The van der Waals surface area contributed by atoms with Crippen LogP contribution < -0.4 is 0 Å². The SMILES string of the molecule is Cc1cccc(C)c1C(=O)OCC#N. The van der Waals surface area contributed by atoms with Crippen molar-refractivity contribution < 1.29 is 9.53 Å². The van der Waals surface area contributed by atoms with Crippen LogP contribution in [0.5, 0.6) is 0 Å². The highest BCUT2D eigenvalue weighted by Gasteiger charge is 2.12. The Balaban J connectivity index is 2.95. The number of ether oxygens (including phenoxy) is 1. The summed E-state index contributed by atoms with van der Waals surface area (Å²) in [5, 5.41) is 8.27. The lowest BCUT2D eigenvalue weighted by Crippen LogP contribution is -2.09. The van der Waals surface area contributed by atoms with Crippen molar-refractivity contribution in [2.24, 2.45) is 0 Å². The number of aryl methyl sites for hydroxylation is 2. The molecule has 0 unspecified atom stereocenters. The third-order valence-corrected chi connectivity index (χ3v) is 1.95. The zero-order valence-corrected chi connectivity index (χ0v) is 8.20. The minimum atomic E-state index is -0.429. The van der Waals surface area contributed by atoms with Crippen LogP contribution in [0.25, 0.3) is 0 Å². The van der Waals surface area contributed by atoms with Crippen molar-refractivity contribution in [3.05, 3.63) is 34.9 Å². The first-order valence-electron chi connectivity index (χ1n) is 4.27. The second-order valence-electron chi connectivity index (χ2n) is 3.00. The van der Waals surface area contributed by atoms with E-state index in [4.69, 9.17) is 10.00 Å². The van der Waals surface area contributed by atoms with Gasteiger partial charge in [-0.25, -0.2) is 4.79 Å². The number of esters is 1. The fourth-order valence-electron chi connectivity index (χ4n) is 1.31. The second-order valence-corrected chi connectivity index (χ2v) is 3.00. The van der Waals surface area contributed by atoms with E-state index in [0.29, 0.717) is 5.56 Å². The molecule has 0 bridgehead atoms. The molecule has 0 spiro atoms. The van der Waals surface area contributed by atoms with Gasteiger partial charge in [0.25, 0.3) is 0 Å². The van der Waals surface area contributed by atoms with Crippen molar-refractivity contribution in [1.29, 1.82) is 5.26 Å². The lowest BCUT2D eigenvalue weighted by molar-refractivity contribution is 0.0553. The van der Waals surface area contributed by atoms with Crippen molar-refractivity contribution in [2.75, 3.05) is 6.61 Å². The first-order chi connectivity index (χ1) is 6.66. The van der Waals surface area contributed by atoms with Gasteiger partial charge >= 0.3 is 5.97 Å². The molecule has 0 N–H and O–H groups in total. The monoisotopic (exact) mass is 189 g/mol. The van der Waals surface area contributed by atoms with E-state index in [1.54, 1.807) is 6.07 Å². The van der Waals surface area contributed by atoms with E-state index >= 15 is 0 Å². The minimum Gasteiger partial charge on any atom is -0.447 e. The van der Waals surface area contributed by atoms with Gasteiger partial charge in [0.05, 0.1) is 5.56 Å². The Morgan fingerprint density at radius 3 is 2.50 bits per heavy atom. The number of nitrogens with zero attached hydrogens (tertiary/aromatic N) is 1. The molecule has 1 aromatic rings. The maximum absolute atomic E-state index is 11.5. The van der Waals surface area contributed by atoms with Crippen LogP contribution in [0.3, 0.4) is 0 Å². The van der Waals surface area contributed by atoms with E-state index in [1.165, 1.54) is 0 Å². The highest BCUT2D eigenvalue weighted by molar-refractivity contribution is 5.92. The fraction of sp³-hybridized carbons (Fsp3) is 0.273. The molecule has 14 heavy (non-hydrogen) atoms. The van der Waals surface area contributed by atoms with Gasteiger partial charge in [-0.05, 0) is 25.0 Å². The summed E-state index contributed by atoms with van der Waals surface area (Å²) < 4.78 is 4.74. The Bertz CT molecular complexity index is 371. The quantitative estimate of drug-likeness (QED) is 0.668. The van der Waals surface area contributed by atoms with Gasteiger partial charge in [-0.3, -0.25) is 0 Å². The third-order valence-electron chi connectivity index (χ3n) is 1.95. The van der Waals surface area contributed by atoms with Gasteiger partial charge in [0, 0.05) is 0 Å². The summed E-state index contributed by atoms with van der Waals surface area (Å²) in [4.78, 5) is 11.5. The number of hydrogen-bond acceptors (Lipinski definition) is 3. The molecule has 0 aliphatic carbocycles. The van der Waals surface area contributed by atoms with Crippen molar-refractivity contribution in [3.8, 4) is 6.07 Å². The number of hydrogen-bond donors (Lipinski definition) is 0.